The number of carbonyl (C=O) groups excluding carboxylic acids is 1. The van der Waals surface area contributed by atoms with Crippen LogP contribution in [0.25, 0.3) is 0 Å². The van der Waals surface area contributed by atoms with Crippen LogP contribution in [0, 0.1) is 0 Å². The molecule has 0 spiro atoms. The lowest BCUT2D eigenvalue weighted by Gasteiger charge is -2.32. The molecular formula is C18H20N2O. The van der Waals surface area contributed by atoms with Crippen molar-refractivity contribution in [3.8, 4) is 0 Å². The molecule has 2 N–H and O–H groups in total. The number of amides is 1. The molecule has 1 saturated heterocycles. The highest BCUT2D eigenvalue weighted by Gasteiger charge is 2.27. The second-order valence-corrected chi connectivity index (χ2v) is 5.53. The van der Waals surface area contributed by atoms with E-state index in [1.165, 1.54) is 11.1 Å². The Bertz CT molecular complexity index is 624. The average Bonchev–Trinajstić information content (AvgIpc) is 2.52. The average molecular weight is 280 g/mol. The molecule has 1 amide bonds. The van der Waals surface area contributed by atoms with Crippen LogP contribution in [0.15, 0.2) is 54.6 Å². The summed E-state index contributed by atoms with van der Waals surface area (Å²) in [6.45, 7) is 0.762. The number of para-hydroxylation sites is 1. The van der Waals surface area contributed by atoms with Crippen LogP contribution in [0.4, 0.5) is 5.69 Å². The van der Waals surface area contributed by atoms with Gasteiger partial charge in [0.15, 0.2) is 0 Å². The Hall–Kier alpha value is -2.13. The highest BCUT2D eigenvalue weighted by Crippen LogP contribution is 2.26. The SMILES string of the molecule is NC1CCCN(c2ccccc2Cc2ccccc2)C1=O. The fourth-order valence-electron chi connectivity index (χ4n) is 2.88. The van der Waals surface area contributed by atoms with Crippen molar-refractivity contribution >= 4 is 11.6 Å². The number of carbonyl (C=O) groups is 1. The Morgan fingerprint density at radius 2 is 1.76 bits per heavy atom. The van der Waals surface area contributed by atoms with Crippen molar-refractivity contribution in [2.75, 3.05) is 11.4 Å². The van der Waals surface area contributed by atoms with E-state index in [0.29, 0.717) is 0 Å². The lowest BCUT2D eigenvalue weighted by Crippen LogP contribution is -2.48. The van der Waals surface area contributed by atoms with Crippen LogP contribution in [-0.2, 0) is 11.2 Å². The van der Waals surface area contributed by atoms with Crippen LogP contribution in [0.3, 0.4) is 0 Å². The van der Waals surface area contributed by atoms with E-state index in [1.807, 2.05) is 41.3 Å². The summed E-state index contributed by atoms with van der Waals surface area (Å²) in [5, 5.41) is 0. The number of nitrogens with two attached hydrogens (primary N) is 1. The normalized spacial score (nSPS) is 18.8. The highest BCUT2D eigenvalue weighted by atomic mass is 16.2. The molecule has 0 aliphatic carbocycles. The molecule has 3 rings (SSSR count). The van der Waals surface area contributed by atoms with Crippen LogP contribution < -0.4 is 10.6 Å². The van der Waals surface area contributed by atoms with Gasteiger partial charge in [0.25, 0.3) is 0 Å². The van der Waals surface area contributed by atoms with E-state index in [0.717, 1.165) is 31.5 Å². The van der Waals surface area contributed by atoms with Gasteiger partial charge < -0.3 is 10.6 Å². The largest absolute Gasteiger partial charge is 0.320 e. The van der Waals surface area contributed by atoms with E-state index in [1.54, 1.807) is 0 Å². The third-order valence-corrected chi connectivity index (χ3v) is 4.00. The molecular weight excluding hydrogens is 260 g/mol. The van der Waals surface area contributed by atoms with Gasteiger partial charge in [-0.3, -0.25) is 4.79 Å². The van der Waals surface area contributed by atoms with Gasteiger partial charge in [-0.15, -0.1) is 0 Å². The minimum absolute atomic E-state index is 0.0433. The predicted octanol–water partition coefficient (Wildman–Crippen LogP) is 2.73. The summed E-state index contributed by atoms with van der Waals surface area (Å²) in [4.78, 5) is 14.2. The summed E-state index contributed by atoms with van der Waals surface area (Å²) in [7, 11) is 0. The van der Waals surface area contributed by atoms with Crippen molar-refractivity contribution in [1.29, 1.82) is 0 Å². The molecule has 2 aromatic rings. The molecule has 1 unspecified atom stereocenters. The van der Waals surface area contributed by atoms with Crippen molar-refractivity contribution in [2.45, 2.75) is 25.3 Å². The lowest BCUT2D eigenvalue weighted by molar-refractivity contribution is -0.120. The summed E-state index contributed by atoms with van der Waals surface area (Å²) in [6.07, 6.45) is 2.58. The van der Waals surface area contributed by atoms with Gasteiger partial charge in [-0.1, -0.05) is 48.5 Å². The zero-order valence-corrected chi connectivity index (χ0v) is 12.0. The molecule has 0 saturated carbocycles. The summed E-state index contributed by atoms with van der Waals surface area (Å²) in [6, 6.07) is 18.1. The molecule has 0 radical (unpaired) electrons. The fourth-order valence-corrected chi connectivity index (χ4v) is 2.88. The first kappa shape index (κ1) is 13.8. The van der Waals surface area contributed by atoms with E-state index < -0.39 is 0 Å². The smallest absolute Gasteiger partial charge is 0.243 e. The molecule has 0 aromatic heterocycles. The molecule has 3 heteroatoms. The van der Waals surface area contributed by atoms with Gasteiger partial charge in [0.1, 0.15) is 0 Å². The lowest BCUT2D eigenvalue weighted by atomic mass is 9.99. The Morgan fingerprint density at radius 1 is 1.05 bits per heavy atom. The third kappa shape index (κ3) is 2.98. The molecule has 3 nitrogen and oxygen atoms in total. The van der Waals surface area contributed by atoms with E-state index in [4.69, 9.17) is 5.73 Å². The summed E-state index contributed by atoms with van der Waals surface area (Å²) in [5.41, 5.74) is 9.34. The monoisotopic (exact) mass is 280 g/mol. The van der Waals surface area contributed by atoms with E-state index in [9.17, 15) is 4.79 Å². The van der Waals surface area contributed by atoms with Crippen LogP contribution in [0.5, 0.6) is 0 Å². The summed E-state index contributed by atoms with van der Waals surface area (Å²) in [5.74, 6) is 0.0433. The number of hydrogen-bond acceptors (Lipinski definition) is 2. The minimum atomic E-state index is -0.358. The zero-order chi connectivity index (χ0) is 14.7. The Balaban J connectivity index is 1.91. The number of anilines is 1. The first-order chi connectivity index (χ1) is 10.3. The summed E-state index contributed by atoms with van der Waals surface area (Å²) >= 11 is 0. The molecule has 0 bridgehead atoms. The second kappa shape index (κ2) is 6.10. The highest BCUT2D eigenvalue weighted by molar-refractivity contribution is 5.98. The van der Waals surface area contributed by atoms with Gasteiger partial charge in [0.05, 0.1) is 6.04 Å². The second-order valence-electron chi connectivity index (χ2n) is 5.53. The molecule has 1 aliphatic heterocycles. The maximum absolute atomic E-state index is 12.3. The van der Waals surface area contributed by atoms with Crippen molar-refractivity contribution in [3.63, 3.8) is 0 Å². The fraction of sp³-hybridized carbons (Fsp3) is 0.278. The van der Waals surface area contributed by atoms with Gasteiger partial charge in [-0.25, -0.2) is 0 Å². The first-order valence-electron chi connectivity index (χ1n) is 7.44. The Morgan fingerprint density at radius 3 is 2.57 bits per heavy atom. The van der Waals surface area contributed by atoms with Gasteiger partial charge in [0, 0.05) is 12.2 Å². The Kier molecular flexibility index (Phi) is 4.02. The number of benzene rings is 2. The molecule has 1 heterocycles. The maximum atomic E-state index is 12.3. The van der Waals surface area contributed by atoms with E-state index >= 15 is 0 Å². The van der Waals surface area contributed by atoms with Gasteiger partial charge in [0.2, 0.25) is 5.91 Å². The molecule has 1 aliphatic rings. The van der Waals surface area contributed by atoms with Crippen molar-refractivity contribution in [2.24, 2.45) is 5.73 Å². The van der Waals surface area contributed by atoms with E-state index in [-0.39, 0.29) is 11.9 Å². The van der Waals surface area contributed by atoms with Gasteiger partial charge >= 0.3 is 0 Å². The standard InChI is InChI=1S/C18H20N2O/c19-16-10-6-12-20(18(16)21)17-11-5-4-9-15(17)13-14-7-2-1-3-8-14/h1-5,7-9,11,16H,6,10,12-13,19H2. The van der Waals surface area contributed by atoms with E-state index in [2.05, 4.69) is 18.2 Å². The van der Waals surface area contributed by atoms with Crippen molar-refractivity contribution in [1.82, 2.24) is 0 Å². The first-order valence-corrected chi connectivity index (χ1v) is 7.44. The Labute approximate surface area is 125 Å². The number of nitrogens with zero attached hydrogens (tertiary/aromatic N) is 1. The van der Waals surface area contributed by atoms with Gasteiger partial charge in [-0.05, 0) is 36.5 Å². The van der Waals surface area contributed by atoms with Crippen molar-refractivity contribution in [3.05, 3.63) is 65.7 Å². The van der Waals surface area contributed by atoms with Crippen LogP contribution in [-0.4, -0.2) is 18.5 Å². The maximum Gasteiger partial charge on any atom is 0.243 e. The number of hydrogen-bond donors (Lipinski definition) is 1. The minimum Gasteiger partial charge on any atom is -0.320 e. The molecule has 1 atom stereocenters. The quantitative estimate of drug-likeness (QED) is 0.939. The van der Waals surface area contributed by atoms with Gasteiger partial charge in [-0.2, -0.15) is 0 Å². The predicted molar refractivity (Wildman–Crippen MR) is 85.3 cm³/mol. The molecule has 1 fully saturated rings. The van der Waals surface area contributed by atoms with Crippen molar-refractivity contribution < 1.29 is 4.79 Å². The third-order valence-electron chi connectivity index (χ3n) is 4.00. The number of rotatable bonds is 3. The molecule has 21 heavy (non-hydrogen) atoms. The molecule has 108 valence electrons. The molecule has 2 aromatic carbocycles. The van der Waals surface area contributed by atoms with Crippen LogP contribution in [0.2, 0.25) is 0 Å². The zero-order valence-electron chi connectivity index (χ0n) is 12.0. The van der Waals surface area contributed by atoms with Crippen LogP contribution in [0.1, 0.15) is 24.0 Å². The topological polar surface area (TPSA) is 46.3 Å². The summed E-state index contributed by atoms with van der Waals surface area (Å²) < 4.78 is 0. The van der Waals surface area contributed by atoms with Crippen LogP contribution >= 0.6 is 0 Å². The number of piperidine rings is 1.